The summed E-state index contributed by atoms with van der Waals surface area (Å²) in [5, 5.41) is 2.85. The fourth-order valence-corrected chi connectivity index (χ4v) is 2.06. The van der Waals surface area contributed by atoms with Crippen molar-refractivity contribution in [3.05, 3.63) is 47.0 Å². The predicted molar refractivity (Wildman–Crippen MR) is 78.6 cm³/mol. The summed E-state index contributed by atoms with van der Waals surface area (Å²) in [6.45, 7) is 3.85. The van der Waals surface area contributed by atoms with E-state index >= 15 is 0 Å². The Morgan fingerprint density at radius 3 is 2.75 bits per heavy atom. The lowest BCUT2D eigenvalue weighted by Gasteiger charge is -2.13. The molecule has 1 aromatic heterocycles. The average Bonchev–Trinajstić information content (AvgIpc) is 2.76. The van der Waals surface area contributed by atoms with Crippen LogP contribution in [0, 0.1) is 5.82 Å². The molecule has 0 atom stereocenters. The van der Waals surface area contributed by atoms with E-state index in [0.717, 1.165) is 0 Å². The Hall–Kier alpha value is -2.01. The van der Waals surface area contributed by atoms with E-state index in [-0.39, 0.29) is 11.7 Å². The zero-order chi connectivity index (χ0) is 14.9. The molecule has 3 N–H and O–H groups in total. The van der Waals surface area contributed by atoms with E-state index in [1.54, 1.807) is 16.8 Å². The first-order chi connectivity index (χ1) is 9.38. The summed E-state index contributed by atoms with van der Waals surface area (Å²) in [6.07, 6.45) is 1.67. The van der Waals surface area contributed by atoms with Crippen LogP contribution >= 0.6 is 11.6 Å². The van der Waals surface area contributed by atoms with Gasteiger partial charge in [-0.2, -0.15) is 0 Å². The third-order valence-corrected chi connectivity index (χ3v) is 3.07. The molecule has 1 heterocycles. The molecule has 0 unspecified atom stereocenters. The molecule has 0 aliphatic carbocycles. The third kappa shape index (κ3) is 2.93. The summed E-state index contributed by atoms with van der Waals surface area (Å²) in [6, 6.07) is 5.60. The lowest BCUT2D eigenvalue weighted by atomic mass is 10.2. The fraction of sp³-hybridized carbons (Fsp3) is 0.214. The maximum absolute atomic E-state index is 13.6. The number of nitrogens with two attached hydrogens (primary N) is 1. The van der Waals surface area contributed by atoms with Gasteiger partial charge in [0.2, 0.25) is 0 Å². The molecule has 0 spiro atoms. The van der Waals surface area contributed by atoms with E-state index in [1.807, 2.05) is 13.8 Å². The van der Waals surface area contributed by atoms with Crippen LogP contribution in [-0.2, 0) is 0 Å². The van der Waals surface area contributed by atoms with Gasteiger partial charge >= 0.3 is 0 Å². The van der Waals surface area contributed by atoms with Crippen molar-refractivity contribution in [3.8, 4) is 0 Å². The van der Waals surface area contributed by atoms with Crippen molar-refractivity contribution in [2.24, 2.45) is 0 Å². The van der Waals surface area contributed by atoms with E-state index in [9.17, 15) is 9.18 Å². The maximum atomic E-state index is 13.6. The van der Waals surface area contributed by atoms with Crippen LogP contribution < -0.4 is 11.1 Å². The number of halogens is 2. The van der Waals surface area contributed by atoms with Crippen LogP contribution in [0.3, 0.4) is 0 Å². The molecular formula is C14H15ClFN3O. The highest BCUT2D eigenvalue weighted by molar-refractivity contribution is 6.31. The summed E-state index contributed by atoms with van der Waals surface area (Å²) in [7, 11) is 0. The van der Waals surface area contributed by atoms with Crippen molar-refractivity contribution >= 4 is 28.9 Å². The number of nitrogens with zero attached hydrogens (tertiary/aromatic N) is 1. The van der Waals surface area contributed by atoms with Crippen LogP contribution in [-0.4, -0.2) is 10.5 Å². The van der Waals surface area contributed by atoms with Crippen molar-refractivity contribution in [2.45, 2.75) is 19.9 Å². The molecule has 2 aromatic rings. The SMILES string of the molecule is CC(C)n1cc(N)cc1C(=O)Nc1cc(Cl)ccc1F. The number of amides is 1. The highest BCUT2D eigenvalue weighted by Gasteiger charge is 2.16. The second-order valence-corrected chi connectivity index (χ2v) is 5.17. The van der Waals surface area contributed by atoms with Crippen molar-refractivity contribution in [1.82, 2.24) is 4.57 Å². The van der Waals surface area contributed by atoms with Crippen LogP contribution in [0.4, 0.5) is 15.8 Å². The Balaban J connectivity index is 2.31. The number of anilines is 2. The van der Waals surface area contributed by atoms with Gasteiger partial charge in [0, 0.05) is 17.3 Å². The number of carbonyl (C=O) groups excluding carboxylic acids is 1. The first-order valence-electron chi connectivity index (χ1n) is 6.12. The first kappa shape index (κ1) is 14.4. The minimum Gasteiger partial charge on any atom is -0.397 e. The molecule has 1 amide bonds. The number of rotatable bonds is 3. The summed E-state index contributed by atoms with van der Waals surface area (Å²) in [5.41, 5.74) is 6.60. The molecule has 0 saturated heterocycles. The molecule has 0 aliphatic heterocycles. The van der Waals surface area contributed by atoms with Crippen LogP contribution in [0.2, 0.25) is 5.02 Å². The molecule has 0 fully saturated rings. The van der Waals surface area contributed by atoms with Gasteiger partial charge in [-0.3, -0.25) is 4.79 Å². The number of nitrogen functional groups attached to an aromatic ring is 1. The fourth-order valence-electron chi connectivity index (χ4n) is 1.89. The maximum Gasteiger partial charge on any atom is 0.272 e. The van der Waals surface area contributed by atoms with Gasteiger partial charge in [0.1, 0.15) is 11.5 Å². The van der Waals surface area contributed by atoms with E-state index in [1.165, 1.54) is 18.2 Å². The number of carbonyl (C=O) groups is 1. The van der Waals surface area contributed by atoms with Crippen molar-refractivity contribution in [1.29, 1.82) is 0 Å². The van der Waals surface area contributed by atoms with Crippen LogP contribution in [0.1, 0.15) is 30.4 Å². The zero-order valence-corrected chi connectivity index (χ0v) is 11.9. The summed E-state index contributed by atoms with van der Waals surface area (Å²) in [5.74, 6) is -0.977. The summed E-state index contributed by atoms with van der Waals surface area (Å²) >= 11 is 5.79. The monoisotopic (exact) mass is 295 g/mol. The highest BCUT2D eigenvalue weighted by atomic mass is 35.5. The molecule has 20 heavy (non-hydrogen) atoms. The van der Waals surface area contributed by atoms with Gasteiger partial charge in [0.05, 0.1) is 11.4 Å². The summed E-state index contributed by atoms with van der Waals surface area (Å²) < 4.78 is 15.3. The third-order valence-electron chi connectivity index (χ3n) is 2.84. The lowest BCUT2D eigenvalue weighted by molar-refractivity contribution is 0.101. The Morgan fingerprint density at radius 2 is 2.10 bits per heavy atom. The smallest absolute Gasteiger partial charge is 0.272 e. The van der Waals surface area contributed by atoms with Gasteiger partial charge < -0.3 is 15.6 Å². The van der Waals surface area contributed by atoms with Gasteiger partial charge in [-0.25, -0.2) is 4.39 Å². The molecule has 1 aromatic carbocycles. The molecule has 0 radical (unpaired) electrons. The van der Waals surface area contributed by atoms with E-state index in [2.05, 4.69) is 5.32 Å². The second-order valence-electron chi connectivity index (χ2n) is 4.74. The predicted octanol–water partition coefficient (Wildman–Crippen LogP) is 3.70. The standard InChI is InChI=1S/C14H15ClFN3O/c1-8(2)19-7-10(17)6-13(19)14(20)18-12-5-9(15)3-4-11(12)16/h3-8H,17H2,1-2H3,(H,18,20). The quantitative estimate of drug-likeness (QED) is 0.907. The zero-order valence-electron chi connectivity index (χ0n) is 11.2. The molecule has 6 heteroatoms. The Kier molecular flexibility index (Phi) is 3.99. The number of benzene rings is 1. The molecule has 106 valence electrons. The van der Waals surface area contributed by atoms with Crippen LogP contribution in [0.25, 0.3) is 0 Å². The number of nitrogens with one attached hydrogen (secondary N) is 1. The normalized spacial score (nSPS) is 10.8. The van der Waals surface area contributed by atoms with E-state index in [4.69, 9.17) is 17.3 Å². The Labute approximate surface area is 121 Å². The molecule has 2 rings (SSSR count). The Morgan fingerprint density at radius 1 is 1.40 bits per heavy atom. The van der Waals surface area contributed by atoms with Gasteiger partial charge in [-0.1, -0.05) is 11.6 Å². The molecular weight excluding hydrogens is 281 g/mol. The van der Waals surface area contributed by atoms with Gasteiger partial charge in [-0.15, -0.1) is 0 Å². The highest BCUT2D eigenvalue weighted by Crippen LogP contribution is 2.22. The van der Waals surface area contributed by atoms with Gasteiger partial charge in [0.15, 0.2) is 0 Å². The molecule has 0 bridgehead atoms. The molecule has 0 saturated carbocycles. The van der Waals surface area contributed by atoms with Gasteiger partial charge in [-0.05, 0) is 38.1 Å². The minimum absolute atomic E-state index is 0.0394. The topological polar surface area (TPSA) is 60.0 Å². The van der Waals surface area contributed by atoms with Crippen molar-refractivity contribution in [3.63, 3.8) is 0 Å². The molecule has 0 aliphatic rings. The number of hydrogen-bond acceptors (Lipinski definition) is 2. The first-order valence-corrected chi connectivity index (χ1v) is 6.50. The average molecular weight is 296 g/mol. The van der Waals surface area contributed by atoms with Crippen molar-refractivity contribution < 1.29 is 9.18 Å². The second kappa shape index (κ2) is 5.54. The number of aromatic nitrogens is 1. The van der Waals surface area contributed by atoms with Gasteiger partial charge in [0.25, 0.3) is 5.91 Å². The lowest BCUT2D eigenvalue weighted by Crippen LogP contribution is -2.18. The Bertz CT molecular complexity index is 652. The van der Waals surface area contributed by atoms with Crippen molar-refractivity contribution in [2.75, 3.05) is 11.1 Å². The summed E-state index contributed by atoms with van der Waals surface area (Å²) in [4.78, 5) is 12.2. The van der Waals surface area contributed by atoms with Crippen LogP contribution in [0.5, 0.6) is 0 Å². The van der Waals surface area contributed by atoms with E-state index in [0.29, 0.717) is 16.4 Å². The minimum atomic E-state index is -0.543. The largest absolute Gasteiger partial charge is 0.397 e. The van der Waals surface area contributed by atoms with Crippen LogP contribution in [0.15, 0.2) is 30.5 Å². The van der Waals surface area contributed by atoms with E-state index < -0.39 is 11.7 Å². The number of hydrogen-bond donors (Lipinski definition) is 2. The molecule has 4 nitrogen and oxygen atoms in total.